The van der Waals surface area contributed by atoms with Crippen molar-refractivity contribution in [2.24, 2.45) is 5.73 Å². The Hall–Kier alpha value is -1.03. The van der Waals surface area contributed by atoms with Gasteiger partial charge in [0.1, 0.15) is 0 Å². The minimum Gasteiger partial charge on any atom is -0.388 e. The van der Waals surface area contributed by atoms with Gasteiger partial charge in [-0.25, -0.2) is 0 Å². The Kier molecular flexibility index (Phi) is 2.14. The van der Waals surface area contributed by atoms with Crippen molar-refractivity contribution in [3.8, 4) is 0 Å². The predicted molar refractivity (Wildman–Crippen MR) is 40.5 cm³/mol. The largest absolute Gasteiger partial charge is 0.388 e. The van der Waals surface area contributed by atoms with Crippen molar-refractivity contribution in [3.05, 3.63) is 11.8 Å². The SMILES string of the molecule is CN1C=C(C(N)=O)C(O)CC1. The molecule has 4 heteroatoms. The number of rotatable bonds is 1. The summed E-state index contributed by atoms with van der Waals surface area (Å²) >= 11 is 0. The first-order chi connectivity index (χ1) is 5.11. The number of aliphatic hydroxyl groups excluding tert-OH is 1. The summed E-state index contributed by atoms with van der Waals surface area (Å²) in [5.74, 6) is -0.538. The van der Waals surface area contributed by atoms with E-state index in [4.69, 9.17) is 5.73 Å². The van der Waals surface area contributed by atoms with E-state index in [1.54, 1.807) is 6.20 Å². The van der Waals surface area contributed by atoms with Crippen molar-refractivity contribution in [1.82, 2.24) is 4.90 Å². The van der Waals surface area contributed by atoms with E-state index in [-0.39, 0.29) is 0 Å². The number of carbonyl (C=O) groups excluding carboxylic acids is 1. The molecule has 1 amide bonds. The third kappa shape index (κ3) is 1.71. The highest BCUT2D eigenvalue weighted by atomic mass is 16.3. The van der Waals surface area contributed by atoms with Gasteiger partial charge in [-0.05, 0) is 6.42 Å². The molecule has 62 valence electrons. The average Bonchev–Trinajstić information content (AvgIpc) is 1.94. The van der Waals surface area contributed by atoms with Crippen LogP contribution in [0.15, 0.2) is 11.8 Å². The van der Waals surface area contributed by atoms with E-state index >= 15 is 0 Å². The van der Waals surface area contributed by atoms with Gasteiger partial charge in [-0.3, -0.25) is 4.79 Å². The second kappa shape index (κ2) is 2.92. The minimum absolute atomic E-state index is 0.304. The van der Waals surface area contributed by atoms with Gasteiger partial charge in [0.15, 0.2) is 0 Å². The third-order valence-electron chi connectivity index (χ3n) is 1.76. The number of amides is 1. The smallest absolute Gasteiger partial charge is 0.248 e. The molecule has 1 aliphatic heterocycles. The Balaban J connectivity index is 2.79. The van der Waals surface area contributed by atoms with E-state index in [0.29, 0.717) is 12.0 Å². The summed E-state index contributed by atoms with van der Waals surface area (Å²) in [6.45, 7) is 0.762. The molecule has 1 aliphatic rings. The minimum atomic E-state index is -0.677. The van der Waals surface area contributed by atoms with Crippen molar-refractivity contribution in [1.29, 1.82) is 0 Å². The molecule has 0 fully saturated rings. The molecule has 1 unspecified atom stereocenters. The number of hydrogen-bond donors (Lipinski definition) is 2. The van der Waals surface area contributed by atoms with E-state index in [2.05, 4.69) is 0 Å². The molecule has 0 aromatic heterocycles. The topological polar surface area (TPSA) is 66.6 Å². The second-order valence-electron chi connectivity index (χ2n) is 2.73. The first-order valence-corrected chi connectivity index (χ1v) is 3.51. The fourth-order valence-corrected chi connectivity index (χ4v) is 1.10. The van der Waals surface area contributed by atoms with Crippen molar-refractivity contribution in [2.75, 3.05) is 13.6 Å². The normalized spacial score (nSPS) is 24.7. The molecule has 0 saturated carbocycles. The lowest BCUT2D eigenvalue weighted by molar-refractivity contribution is -0.115. The molecule has 1 atom stereocenters. The highest BCUT2D eigenvalue weighted by Gasteiger charge is 2.20. The van der Waals surface area contributed by atoms with Crippen molar-refractivity contribution >= 4 is 5.91 Å². The maximum atomic E-state index is 10.7. The summed E-state index contributed by atoms with van der Waals surface area (Å²) in [6.07, 6.45) is 1.49. The zero-order valence-electron chi connectivity index (χ0n) is 6.45. The van der Waals surface area contributed by atoms with Crippen LogP contribution in [0.4, 0.5) is 0 Å². The fourth-order valence-electron chi connectivity index (χ4n) is 1.10. The first-order valence-electron chi connectivity index (χ1n) is 3.51. The van der Waals surface area contributed by atoms with Crippen LogP contribution in [0, 0.1) is 0 Å². The molecular formula is C7H12N2O2. The Labute approximate surface area is 65.3 Å². The van der Waals surface area contributed by atoms with E-state index < -0.39 is 12.0 Å². The van der Waals surface area contributed by atoms with Gasteiger partial charge in [0.05, 0.1) is 11.7 Å². The van der Waals surface area contributed by atoms with Gasteiger partial charge >= 0.3 is 0 Å². The summed E-state index contributed by atoms with van der Waals surface area (Å²) in [5.41, 5.74) is 5.33. The Morgan fingerprint density at radius 1 is 1.91 bits per heavy atom. The summed E-state index contributed by atoms with van der Waals surface area (Å²) in [6, 6.07) is 0. The van der Waals surface area contributed by atoms with Crippen LogP contribution in [-0.4, -0.2) is 35.6 Å². The molecule has 11 heavy (non-hydrogen) atoms. The van der Waals surface area contributed by atoms with Crippen LogP contribution >= 0.6 is 0 Å². The Morgan fingerprint density at radius 3 is 3.00 bits per heavy atom. The predicted octanol–water partition coefficient (Wildman–Crippen LogP) is -0.948. The molecule has 1 heterocycles. The number of primary amides is 1. The van der Waals surface area contributed by atoms with Gasteiger partial charge in [0.2, 0.25) is 5.91 Å². The van der Waals surface area contributed by atoms with E-state index in [0.717, 1.165) is 6.54 Å². The first kappa shape index (κ1) is 8.07. The van der Waals surface area contributed by atoms with Crippen LogP contribution in [0.1, 0.15) is 6.42 Å². The third-order valence-corrected chi connectivity index (χ3v) is 1.76. The van der Waals surface area contributed by atoms with E-state index in [1.165, 1.54) is 0 Å². The number of aliphatic hydroxyl groups is 1. The lowest BCUT2D eigenvalue weighted by Crippen LogP contribution is -2.33. The van der Waals surface area contributed by atoms with Crippen LogP contribution in [0.5, 0.6) is 0 Å². The molecule has 0 spiro atoms. The Bertz CT molecular complexity index is 201. The van der Waals surface area contributed by atoms with Gasteiger partial charge < -0.3 is 15.7 Å². The monoisotopic (exact) mass is 156 g/mol. The standard InChI is InChI=1S/C7H12N2O2/c1-9-3-2-6(10)5(4-9)7(8)11/h4,6,10H,2-3H2,1H3,(H2,8,11). The van der Waals surface area contributed by atoms with Crippen LogP contribution in [0.3, 0.4) is 0 Å². The molecule has 0 aliphatic carbocycles. The number of hydrogen-bond acceptors (Lipinski definition) is 3. The summed E-state index contributed by atoms with van der Waals surface area (Å²) < 4.78 is 0. The number of nitrogens with zero attached hydrogens (tertiary/aromatic N) is 1. The van der Waals surface area contributed by atoms with E-state index in [1.807, 2.05) is 11.9 Å². The number of carbonyl (C=O) groups is 1. The fraction of sp³-hybridized carbons (Fsp3) is 0.571. The van der Waals surface area contributed by atoms with Crippen molar-refractivity contribution in [3.63, 3.8) is 0 Å². The van der Waals surface area contributed by atoms with Gasteiger partial charge in [-0.1, -0.05) is 0 Å². The second-order valence-corrected chi connectivity index (χ2v) is 2.73. The molecule has 0 aromatic rings. The maximum absolute atomic E-state index is 10.7. The molecule has 4 nitrogen and oxygen atoms in total. The van der Waals surface area contributed by atoms with Crippen molar-refractivity contribution < 1.29 is 9.90 Å². The zero-order valence-corrected chi connectivity index (χ0v) is 6.45. The van der Waals surface area contributed by atoms with E-state index in [9.17, 15) is 9.90 Å². The number of nitrogens with two attached hydrogens (primary N) is 1. The van der Waals surface area contributed by atoms with Gasteiger partial charge in [-0.15, -0.1) is 0 Å². The summed E-state index contributed by atoms with van der Waals surface area (Å²) in [7, 11) is 1.84. The van der Waals surface area contributed by atoms with Gasteiger partial charge in [0, 0.05) is 19.8 Å². The average molecular weight is 156 g/mol. The zero-order chi connectivity index (χ0) is 8.43. The van der Waals surface area contributed by atoms with Gasteiger partial charge in [-0.2, -0.15) is 0 Å². The highest BCUT2D eigenvalue weighted by Crippen LogP contribution is 2.13. The molecule has 0 saturated heterocycles. The maximum Gasteiger partial charge on any atom is 0.248 e. The lowest BCUT2D eigenvalue weighted by atomic mass is 10.0. The summed E-state index contributed by atoms with van der Waals surface area (Å²) in [5, 5.41) is 9.26. The molecule has 0 bridgehead atoms. The molecule has 3 N–H and O–H groups in total. The van der Waals surface area contributed by atoms with Crippen LogP contribution in [0.2, 0.25) is 0 Å². The Morgan fingerprint density at radius 2 is 2.55 bits per heavy atom. The highest BCUT2D eigenvalue weighted by molar-refractivity contribution is 5.92. The van der Waals surface area contributed by atoms with Crippen LogP contribution in [-0.2, 0) is 4.79 Å². The summed E-state index contributed by atoms with van der Waals surface area (Å²) in [4.78, 5) is 12.5. The van der Waals surface area contributed by atoms with Crippen molar-refractivity contribution in [2.45, 2.75) is 12.5 Å². The molecular weight excluding hydrogens is 144 g/mol. The van der Waals surface area contributed by atoms with Crippen LogP contribution in [0.25, 0.3) is 0 Å². The quantitative estimate of drug-likeness (QED) is 0.514. The molecule has 0 aromatic carbocycles. The molecule has 1 rings (SSSR count). The molecule has 0 radical (unpaired) electrons. The van der Waals surface area contributed by atoms with Gasteiger partial charge in [0.25, 0.3) is 0 Å². The van der Waals surface area contributed by atoms with Crippen LogP contribution < -0.4 is 5.73 Å². The lowest BCUT2D eigenvalue weighted by Gasteiger charge is -2.24.